The van der Waals surface area contributed by atoms with E-state index in [9.17, 15) is 14.0 Å². The number of nitrogens with zero attached hydrogens (tertiary/aromatic N) is 1. The second kappa shape index (κ2) is 8.31. The SMILES string of the molecule is CCOC(=O)N1CCC(NC(=O)/C=C/c2ccccc2F)CC1. The molecule has 23 heavy (non-hydrogen) atoms. The average Bonchev–Trinajstić information content (AvgIpc) is 2.55. The number of amides is 2. The Balaban J connectivity index is 1.79. The van der Waals surface area contributed by atoms with Crippen molar-refractivity contribution in [1.82, 2.24) is 10.2 Å². The number of piperidine rings is 1. The Bertz CT molecular complexity index is 581. The van der Waals surface area contributed by atoms with Gasteiger partial charge in [-0.15, -0.1) is 0 Å². The van der Waals surface area contributed by atoms with Gasteiger partial charge >= 0.3 is 6.09 Å². The Morgan fingerprint density at radius 1 is 1.35 bits per heavy atom. The standard InChI is InChI=1S/C17H21FN2O3/c1-2-23-17(22)20-11-9-14(10-12-20)19-16(21)8-7-13-5-3-4-6-15(13)18/h3-8,14H,2,9-12H2,1H3,(H,19,21)/b8-7+. The predicted octanol–water partition coefficient (Wildman–Crippen LogP) is 2.58. The zero-order valence-electron chi connectivity index (χ0n) is 13.1. The fourth-order valence-corrected chi connectivity index (χ4v) is 2.45. The first-order chi connectivity index (χ1) is 11.1. The van der Waals surface area contributed by atoms with Gasteiger partial charge in [-0.25, -0.2) is 9.18 Å². The van der Waals surface area contributed by atoms with Gasteiger partial charge in [-0.05, 0) is 31.9 Å². The van der Waals surface area contributed by atoms with Gasteiger partial charge in [0.2, 0.25) is 5.91 Å². The van der Waals surface area contributed by atoms with Crippen molar-refractivity contribution in [3.05, 3.63) is 41.7 Å². The van der Waals surface area contributed by atoms with Gasteiger partial charge in [-0.1, -0.05) is 18.2 Å². The molecule has 6 heteroatoms. The summed E-state index contributed by atoms with van der Waals surface area (Å²) in [6.07, 6.45) is 3.83. The molecule has 1 saturated heterocycles. The van der Waals surface area contributed by atoms with Gasteiger partial charge in [-0.3, -0.25) is 4.79 Å². The molecule has 1 aliphatic heterocycles. The van der Waals surface area contributed by atoms with E-state index in [-0.39, 0.29) is 23.9 Å². The Morgan fingerprint density at radius 2 is 2.04 bits per heavy atom. The molecule has 1 heterocycles. The smallest absolute Gasteiger partial charge is 0.409 e. The van der Waals surface area contributed by atoms with E-state index in [2.05, 4.69) is 5.32 Å². The summed E-state index contributed by atoms with van der Waals surface area (Å²) in [5.74, 6) is -0.623. The number of carbonyl (C=O) groups is 2. The molecule has 0 aromatic heterocycles. The lowest BCUT2D eigenvalue weighted by molar-refractivity contribution is -0.117. The fourth-order valence-electron chi connectivity index (χ4n) is 2.45. The van der Waals surface area contributed by atoms with E-state index in [0.717, 1.165) is 0 Å². The maximum absolute atomic E-state index is 13.4. The van der Waals surface area contributed by atoms with Crippen molar-refractivity contribution < 1.29 is 18.7 Å². The van der Waals surface area contributed by atoms with Crippen LogP contribution in [0.2, 0.25) is 0 Å². The number of rotatable bonds is 4. The first kappa shape index (κ1) is 17.0. The van der Waals surface area contributed by atoms with Gasteiger partial charge in [0.15, 0.2) is 0 Å². The largest absolute Gasteiger partial charge is 0.450 e. The topological polar surface area (TPSA) is 58.6 Å². The molecule has 5 nitrogen and oxygen atoms in total. The summed E-state index contributed by atoms with van der Waals surface area (Å²) in [5.41, 5.74) is 0.375. The van der Waals surface area contributed by atoms with Crippen molar-refractivity contribution in [2.24, 2.45) is 0 Å². The Labute approximate surface area is 135 Å². The quantitative estimate of drug-likeness (QED) is 0.868. The van der Waals surface area contributed by atoms with Gasteiger partial charge in [0.25, 0.3) is 0 Å². The molecule has 1 N–H and O–H groups in total. The van der Waals surface area contributed by atoms with E-state index in [1.807, 2.05) is 0 Å². The predicted molar refractivity (Wildman–Crippen MR) is 85.2 cm³/mol. The van der Waals surface area contributed by atoms with Crippen LogP contribution in [0.1, 0.15) is 25.3 Å². The number of hydrogen-bond acceptors (Lipinski definition) is 3. The molecule has 1 fully saturated rings. The molecule has 124 valence electrons. The summed E-state index contributed by atoms with van der Waals surface area (Å²) in [4.78, 5) is 25.1. The van der Waals surface area contributed by atoms with Crippen LogP contribution in [0.25, 0.3) is 6.08 Å². The monoisotopic (exact) mass is 320 g/mol. The van der Waals surface area contributed by atoms with Crippen LogP contribution in [-0.2, 0) is 9.53 Å². The molecule has 0 spiro atoms. The van der Waals surface area contributed by atoms with Gasteiger partial charge in [0.1, 0.15) is 5.82 Å². The number of benzene rings is 1. The van der Waals surface area contributed by atoms with E-state index in [0.29, 0.717) is 38.1 Å². The van der Waals surface area contributed by atoms with Crippen molar-refractivity contribution in [2.45, 2.75) is 25.8 Å². The molecule has 0 atom stereocenters. The van der Waals surface area contributed by atoms with E-state index in [1.165, 1.54) is 18.2 Å². The summed E-state index contributed by atoms with van der Waals surface area (Å²) in [5, 5.41) is 2.87. The molecule has 0 unspecified atom stereocenters. The summed E-state index contributed by atoms with van der Waals surface area (Å²) in [6.45, 7) is 3.24. The van der Waals surface area contributed by atoms with Crippen molar-refractivity contribution in [1.29, 1.82) is 0 Å². The van der Waals surface area contributed by atoms with Crippen molar-refractivity contribution in [3.63, 3.8) is 0 Å². The molecule has 1 aromatic rings. The van der Waals surface area contributed by atoms with Crippen LogP contribution in [0.5, 0.6) is 0 Å². The Hall–Kier alpha value is -2.37. The highest BCUT2D eigenvalue weighted by Crippen LogP contribution is 2.12. The third-order valence-corrected chi connectivity index (χ3v) is 3.69. The summed E-state index contributed by atoms with van der Waals surface area (Å²) < 4.78 is 18.4. The molecule has 0 bridgehead atoms. The summed E-state index contributed by atoms with van der Waals surface area (Å²) in [6, 6.07) is 6.29. The zero-order valence-corrected chi connectivity index (χ0v) is 13.1. The summed E-state index contributed by atoms with van der Waals surface area (Å²) in [7, 11) is 0. The van der Waals surface area contributed by atoms with Gasteiger partial charge < -0.3 is 15.0 Å². The molecule has 0 aliphatic carbocycles. The van der Waals surface area contributed by atoms with Crippen LogP contribution < -0.4 is 5.32 Å². The van der Waals surface area contributed by atoms with Crippen LogP contribution in [0.15, 0.2) is 30.3 Å². The molecule has 0 radical (unpaired) electrons. The van der Waals surface area contributed by atoms with E-state index in [1.54, 1.807) is 30.0 Å². The van der Waals surface area contributed by atoms with E-state index >= 15 is 0 Å². The van der Waals surface area contributed by atoms with Gasteiger partial charge in [-0.2, -0.15) is 0 Å². The van der Waals surface area contributed by atoms with Crippen LogP contribution >= 0.6 is 0 Å². The Morgan fingerprint density at radius 3 is 2.70 bits per heavy atom. The molecular formula is C17H21FN2O3. The first-order valence-electron chi connectivity index (χ1n) is 7.75. The fraction of sp³-hybridized carbons (Fsp3) is 0.412. The summed E-state index contributed by atoms with van der Waals surface area (Å²) >= 11 is 0. The second-order valence-corrected chi connectivity index (χ2v) is 5.32. The minimum absolute atomic E-state index is 0.0125. The maximum atomic E-state index is 13.4. The number of nitrogens with one attached hydrogen (secondary N) is 1. The van der Waals surface area contributed by atoms with Crippen LogP contribution in [0.3, 0.4) is 0 Å². The van der Waals surface area contributed by atoms with Crippen LogP contribution in [-0.4, -0.2) is 42.6 Å². The second-order valence-electron chi connectivity index (χ2n) is 5.32. The molecule has 0 saturated carbocycles. The number of halogens is 1. The third kappa shape index (κ3) is 5.09. The normalized spacial score (nSPS) is 15.7. The highest BCUT2D eigenvalue weighted by atomic mass is 19.1. The molecule has 2 rings (SSSR count). The third-order valence-electron chi connectivity index (χ3n) is 3.69. The lowest BCUT2D eigenvalue weighted by atomic mass is 10.1. The zero-order chi connectivity index (χ0) is 16.7. The Kier molecular flexibility index (Phi) is 6.14. The van der Waals surface area contributed by atoms with Gasteiger partial charge in [0, 0.05) is 30.8 Å². The van der Waals surface area contributed by atoms with Crippen LogP contribution in [0.4, 0.5) is 9.18 Å². The van der Waals surface area contributed by atoms with Gasteiger partial charge in [0.05, 0.1) is 6.61 Å². The highest BCUT2D eigenvalue weighted by molar-refractivity contribution is 5.91. The number of carbonyl (C=O) groups excluding carboxylic acids is 2. The number of likely N-dealkylation sites (tertiary alicyclic amines) is 1. The number of ether oxygens (including phenoxy) is 1. The van der Waals surface area contributed by atoms with Crippen molar-refractivity contribution >= 4 is 18.1 Å². The molecule has 1 aromatic carbocycles. The highest BCUT2D eigenvalue weighted by Gasteiger charge is 2.23. The van der Waals surface area contributed by atoms with E-state index in [4.69, 9.17) is 4.74 Å². The molecule has 1 aliphatic rings. The lowest BCUT2D eigenvalue weighted by Gasteiger charge is -2.31. The first-order valence-corrected chi connectivity index (χ1v) is 7.75. The number of hydrogen-bond donors (Lipinski definition) is 1. The molecule has 2 amide bonds. The average molecular weight is 320 g/mol. The minimum Gasteiger partial charge on any atom is -0.450 e. The minimum atomic E-state index is -0.362. The maximum Gasteiger partial charge on any atom is 0.409 e. The lowest BCUT2D eigenvalue weighted by Crippen LogP contribution is -2.46. The van der Waals surface area contributed by atoms with Crippen LogP contribution in [0, 0.1) is 5.82 Å². The molecular weight excluding hydrogens is 299 g/mol. The van der Waals surface area contributed by atoms with E-state index < -0.39 is 0 Å². The van der Waals surface area contributed by atoms with Crippen molar-refractivity contribution in [3.8, 4) is 0 Å². The van der Waals surface area contributed by atoms with Crippen molar-refractivity contribution in [2.75, 3.05) is 19.7 Å².